The average Bonchev–Trinajstić information content (AvgIpc) is 3.04. The number of ether oxygens (including phenoxy) is 1. The van der Waals surface area contributed by atoms with Crippen molar-refractivity contribution in [2.45, 2.75) is 25.4 Å². The maximum Gasteiger partial charge on any atom is 0.330 e. The molecular weight excluding hydrogens is 386 g/mol. The van der Waals surface area contributed by atoms with Gasteiger partial charge in [0.2, 0.25) is 0 Å². The molecule has 2 heterocycles. The van der Waals surface area contributed by atoms with Gasteiger partial charge in [0, 0.05) is 11.4 Å². The van der Waals surface area contributed by atoms with E-state index in [1.807, 2.05) is 90.4 Å². The van der Waals surface area contributed by atoms with Gasteiger partial charge in [0.05, 0.1) is 25.8 Å². The molecule has 0 N–H and O–H groups in total. The molecule has 0 unspecified atom stereocenters. The second kappa shape index (κ2) is 7.26. The molecule has 3 aromatic rings. The summed E-state index contributed by atoms with van der Waals surface area (Å²) < 4.78 is 5.71. The van der Waals surface area contributed by atoms with Crippen molar-refractivity contribution in [2.24, 2.45) is 0 Å². The first-order valence-electron chi connectivity index (χ1n) is 10.4. The van der Waals surface area contributed by atoms with Crippen molar-refractivity contribution in [1.82, 2.24) is 0 Å². The third-order valence-electron chi connectivity index (χ3n) is 6.23. The number of benzene rings is 3. The lowest BCUT2D eigenvalue weighted by atomic mass is 9.82. The number of nitrogens with zero attached hydrogens (tertiary/aromatic N) is 3. The van der Waals surface area contributed by atoms with Crippen LogP contribution in [0.25, 0.3) is 4.85 Å². The van der Waals surface area contributed by atoms with Crippen LogP contribution in [0.4, 0.5) is 21.9 Å². The highest BCUT2D eigenvalue weighted by molar-refractivity contribution is 6.09. The molecule has 0 saturated carbocycles. The van der Waals surface area contributed by atoms with Gasteiger partial charge in [-0.1, -0.05) is 59.7 Å². The number of hydrogen-bond donors (Lipinski definition) is 0. The van der Waals surface area contributed by atoms with Crippen LogP contribution in [0, 0.1) is 20.4 Å². The Hall–Kier alpha value is -3.62. The number of carbonyl (C=O) groups is 1. The predicted molar refractivity (Wildman–Crippen MR) is 122 cm³/mol. The number of anilines is 2. The van der Waals surface area contributed by atoms with E-state index in [0.717, 1.165) is 28.1 Å². The topological polar surface area (TPSA) is 37.1 Å². The van der Waals surface area contributed by atoms with Crippen LogP contribution in [0.3, 0.4) is 0 Å². The van der Waals surface area contributed by atoms with Crippen LogP contribution >= 0.6 is 0 Å². The standard InChI is InChI=1S/C26H23N3O2/c1-18-7-11-22(12-8-18)28-24(20-5-4-6-21(15-20)27-3)26(16-31-17-26)29(25(28)30)23-13-9-19(2)10-14-23/h4-15,24H,16-17H2,1-2H3/t24-/m0/s1. The first-order chi connectivity index (χ1) is 15.0. The average molecular weight is 409 g/mol. The predicted octanol–water partition coefficient (Wildman–Crippen LogP) is 5.81. The van der Waals surface area contributed by atoms with Gasteiger partial charge >= 0.3 is 6.03 Å². The Bertz CT molecular complexity index is 1170. The van der Waals surface area contributed by atoms with E-state index in [9.17, 15) is 4.79 Å². The molecule has 2 fully saturated rings. The first kappa shape index (κ1) is 19.3. The molecule has 0 aromatic heterocycles. The highest BCUT2D eigenvalue weighted by Gasteiger charge is 2.62. The van der Waals surface area contributed by atoms with E-state index < -0.39 is 5.54 Å². The Morgan fingerprint density at radius 1 is 0.935 bits per heavy atom. The molecule has 0 bridgehead atoms. The lowest BCUT2D eigenvalue weighted by Gasteiger charge is -2.47. The van der Waals surface area contributed by atoms with Gasteiger partial charge in [-0.05, 0) is 43.7 Å². The monoisotopic (exact) mass is 409 g/mol. The zero-order valence-corrected chi connectivity index (χ0v) is 17.6. The van der Waals surface area contributed by atoms with Gasteiger partial charge in [0.15, 0.2) is 5.69 Å². The Kier molecular flexibility index (Phi) is 4.53. The summed E-state index contributed by atoms with van der Waals surface area (Å²) in [6, 6.07) is 23.3. The minimum Gasteiger partial charge on any atom is -0.376 e. The van der Waals surface area contributed by atoms with Gasteiger partial charge in [-0.3, -0.25) is 9.80 Å². The van der Waals surface area contributed by atoms with Gasteiger partial charge in [-0.15, -0.1) is 0 Å². The van der Waals surface area contributed by atoms with Crippen LogP contribution in [-0.4, -0.2) is 24.8 Å². The molecule has 0 radical (unpaired) electrons. The van der Waals surface area contributed by atoms with Crippen molar-refractivity contribution in [3.8, 4) is 0 Å². The second-order valence-corrected chi connectivity index (χ2v) is 8.36. The largest absolute Gasteiger partial charge is 0.376 e. The molecule has 2 aliphatic rings. The van der Waals surface area contributed by atoms with Crippen LogP contribution in [0.2, 0.25) is 0 Å². The van der Waals surface area contributed by atoms with Crippen molar-refractivity contribution < 1.29 is 9.53 Å². The summed E-state index contributed by atoms with van der Waals surface area (Å²) in [5.41, 5.74) is 4.97. The van der Waals surface area contributed by atoms with E-state index in [1.54, 1.807) is 6.07 Å². The molecule has 5 heteroatoms. The Morgan fingerprint density at radius 3 is 2.10 bits per heavy atom. The maximum atomic E-state index is 14.0. The summed E-state index contributed by atoms with van der Waals surface area (Å²) in [7, 11) is 0. The number of hydrogen-bond acceptors (Lipinski definition) is 2. The normalized spacial score (nSPS) is 19.4. The Labute approximate surface area is 182 Å². The molecule has 3 aromatic carbocycles. The number of urea groups is 1. The molecular formula is C26H23N3O2. The number of rotatable bonds is 3. The smallest absolute Gasteiger partial charge is 0.330 e. The molecule has 5 rings (SSSR count). The molecule has 2 amide bonds. The van der Waals surface area contributed by atoms with E-state index in [1.165, 1.54) is 0 Å². The van der Waals surface area contributed by atoms with E-state index in [-0.39, 0.29) is 12.1 Å². The number of carbonyl (C=O) groups excluding carboxylic acids is 1. The summed E-state index contributed by atoms with van der Waals surface area (Å²) >= 11 is 0. The molecule has 31 heavy (non-hydrogen) atoms. The molecule has 2 saturated heterocycles. The van der Waals surface area contributed by atoms with Crippen molar-refractivity contribution in [3.63, 3.8) is 0 Å². The fourth-order valence-electron chi connectivity index (χ4n) is 4.62. The summed E-state index contributed by atoms with van der Waals surface area (Å²) in [5, 5.41) is 0. The highest BCUT2D eigenvalue weighted by Crippen LogP contribution is 2.51. The van der Waals surface area contributed by atoms with Gasteiger partial charge in [0.25, 0.3) is 0 Å². The van der Waals surface area contributed by atoms with Crippen molar-refractivity contribution in [2.75, 3.05) is 23.0 Å². The van der Waals surface area contributed by atoms with Crippen molar-refractivity contribution >= 4 is 23.1 Å². The minimum atomic E-state index is -0.530. The van der Waals surface area contributed by atoms with Gasteiger partial charge < -0.3 is 4.74 Å². The second-order valence-electron chi connectivity index (χ2n) is 8.36. The van der Waals surface area contributed by atoms with Crippen molar-refractivity contribution in [1.29, 1.82) is 0 Å². The zero-order valence-electron chi connectivity index (χ0n) is 17.6. The van der Waals surface area contributed by atoms with E-state index in [0.29, 0.717) is 18.9 Å². The molecule has 1 atom stereocenters. The van der Waals surface area contributed by atoms with Crippen LogP contribution in [0.1, 0.15) is 22.7 Å². The molecule has 154 valence electrons. The number of aryl methyl sites for hydroxylation is 2. The summed E-state index contributed by atoms with van der Waals surface area (Å²) in [5.74, 6) is 0. The molecule has 5 nitrogen and oxygen atoms in total. The lowest BCUT2D eigenvalue weighted by Crippen LogP contribution is -2.62. The van der Waals surface area contributed by atoms with Gasteiger partial charge in [-0.25, -0.2) is 9.64 Å². The van der Waals surface area contributed by atoms with Crippen LogP contribution < -0.4 is 9.80 Å². The minimum absolute atomic E-state index is 0.0748. The lowest BCUT2D eigenvalue weighted by molar-refractivity contribution is -0.0579. The van der Waals surface area contributed by atoms with E-state index >= 15 is 0 Å². The summed E-state index contributed by atoms with van der Waals surface area (Å²) in [6.45, 7) is 12.4. The highest BCUT2D eigenvalue weighted by atomic mass is 16.5. The van der Waals surface area contributed by atoms with Gasteiger partial charge in [-0.2, -0.15) is 0 Å². The first-order valence-corrected chi connectivity index (χ1v) is 10.4. The third kappa shape index (κ3) is 2.99. The molecule has 0 aliphatic carbocycles. The quantitative estimate of drug-likeness (QED) is 0.512. The van der Waals surface area contributed by atoms with E-state index in [4.69, 9.17) is 11.3 Å². The molecule has 1 spiro atoms. The van der Waals surface area contributed by atoms with Crippen LogP contribution in [-0.2, 0) is 4.74 Å². The fourth-order valence-corrected chi connectivity index (χ4v) is 4.62. The summed E-state index contributed by atoms with van der Waals surface area (Å²) in [4.78, 5) is 21.3. The Morgan fingerprint density at radius 2 is 1.55 bits per heavy atom. The molecule has 2 aliphatic heterocycles. The van der Waals surface area contributed by atoms with Crippen LogP contribution in [0.5, 0.6) is 0 Å². The van der Waals surface area contributed by atoms with Crippen molar-refractivity contribution in [3.05, 3.63) is 101 Å². The third-order valence-corrected chi connectivity index (χ3v) is 6.23. The van der Waals surface area contributed by atoms with Crippen LogP contribution in [0.15, 0.2) is 72.8 Å². The summed E-state index contributed by atoms with van der Waals surface area (Å²) in [6.07, 6.45) is 0. The SMILES string of the molecule is [C-]#[N+]c1cccc([C@@H]2N(c3ccc(C)cc3)C(=O)N(c3ccc(C)cc3)C23COC3)c1. The fraction of sp³-hybridized carbons (Fsp3) is 0.231. The number of amides is 2. The Balaban J connectivity index is 1.71. The van der Waals surface area contributed by atoms with E-state index in [2.05, 4.69) is 4.85 Å². The maximum absolute atomic E-state index is 14.0. The zero-order chi connectivity index (χ0) is 21.6. The van der Waals surface area contributed by atoms with Gasteiger partial charge in [0.1, 0.15) is 5.54 Å².